The predicted molar refractivity (Wildman–Crippen MR) is 73.3 cm³/mol. The first-order valence-electron chi connectivity index (χ1n) is 6.17. The molecule has 4 N–H and O–H groups in total. The fourth-order valence-corrected chi connectivity index (χ4v) is 2.10. The third-order valence-corrected chi connectivity index (χ3v) is 2.73. The van der Waals surface area contributed by atoms with Gasteiger partial charge in [0, 0.05) is 18.4 Å². The van der Waals surface area contributed by atoms with Crippen LogP contribution in [-0.4, -0.2) is 20.4 Å². The predicted octanol–water partition coefficient (Wildman–Crippen LogP) is 1.86. The summed E-state index contributed by atoms with van der Waals surface area (Å²) in [7, 11) is 0. The van der Waals surface area contributed by atoms with Gasteiger partial charge in [-0.15, -0.1) is 0 Å². The second kappa shape index (κ2) is 5.22. The molecule has 0 saturated heterocycles. The van der Waals surface area contributed by atoms with Crippen LogP contribution in [0.4, 0.5) is 11.6 Å². The SMILES string of the molecule is CC(C)CC(C)Nc1nc(NN)cn2ccnc12. The van der Waals surface area contributed by atoms with Gasteiger partial charge in [-0.3, -0.25) is 0 Å². The van der Waals surface area contributed by atoms with Crippen LogP contribution in [0.25, 0.3) is 5.65 Å². The topological polar surface area (TPSA) is 80.3 Å². The lowest BCUT2D eigenvalue weighted by molar-refractivity contribution is 0.539. The van der Waals surface area contributed by atoms with E-state index in [4.69, 9.17) is 5.84 Å². The van der Waals surface area contributed by atoms with Crippen molar-refractivity contribution in [3.05, 3.63) is 18.6 Å². The van der Waals surface area contributed by atoms with E-state index in [2.05, 4.69) is 41.5 Å². The number of aromatic nitrogens is 3. The van der Waals surface area contributed by atoms with Crippen LogP contribution in [0.1, 0.15) is 27.2 Å². The number of nitrogens with zero attached hydrogens (tertiary/aromatic N) is 3. The number of hydrogen-bond acceptors (Lipinski definition) is 5. The molecule has 1 unspecified atom stereocenters. The van der Waals surface area contributed by atoms with E-state index in [0.717, 1.165) is 17.9 Å². The minimum atomic E-state index is 0.339. The number of imidazole rings is 1. The second-order valence-electron chi connectivity index (χ2n) is 4.95. The van der Waals surface area contributed by atoms with Gasteiger partial charge in [0.05, 0.1) is 6.20 Å². The summed E-state index contributed by atoms with van der Waals surface area (Å²) in [5.74, 6) is 7.42. The van der Waals surface area contributed by atoms with Crippen molar-refractivity contribution in [2.45, 2.75) is 33.2 Å². The van der Waals surface area contributed by atoms with E-state index in [9.17, 15) is 0 Å². The number of rotatable bonds is 5. The number of hydrazine groups is 1. The van der Waals surface area contributed by atoms with Crippen LogP contribution < -0.4 is 16.6 Å². The monoisotopic (exact) mass is 248 g/mol. The molecular weight excluding hydrogens is 228 g/mol. The maximum Gasteiger partial charge on any atom is 0.180 e. The van der Waals surface area contributed by atoms with Gasteiger partial charge in [0.15, 0.2) is 17.3 Å². The molecule has 0 fully saturated rings. The molecule has 6 nitrogen and oxygen atoms in total. The minimum absolute atomic E-state index is 0.339. The van der Waals surface area contributed by atoms with E-state index in [1.807, 2.05) is 10.6 Å². The highest BCUT2D eigenvalue weighted by molar-refractivity contribution is 5.65. The van der Waals surface area contributed by atoms with Crippen molar-refractivity contribution in [1.82, 2.24) is 14.4 Å². The fourth-order valence-electron chi connectivity index (χ4n) is 2.10. The van der Waals surface area contributed by atoms with Gasteiger partial charge in [-0.05, 0) is 19.3 Å². The van der Waals surface area contributed by atoms with E-state index in [0.29, 0.717) is 17.8 Å². The summed E-state index contributed by atoms with van der Waals surface area (Å²) < 4.78 is 1.90. The van der Waals surface area contributed by atoms with Gasteiger partial charge in [-0.2, -0.15) is 0 Å². The summed E-state index contributed by atoms with van der Waals surface area (Å²) in [6.07, 6.45) is 6.50. The number of hydrogen-bond donors (Lipinski definition) is 3. The molecule has 2 rings (SSSR count). The molecule has 0 spiro atoms. The molecule has 0 amide bonds. The zero-order valence-electron chi connectivity index (χ0n) is 11.0. The molecule has 0 radical (unpaired) electrons. The van der Waals surface area contributed by atoms with Crippen molar-refractivity contribution >= 4 is 17.3 Å². The summed E-state index contributed by atoms with van der Waals surface area (Å²) in [5.41, 5.74) is 3.37. The van der Waals surface area contributed by atoms with Crippen molar-refractivity contribution < 1.29 is 0 Å². The largest absolute Gasteiger partial charge is 0.364 e. The van der Waals surface area contributed by atoms with Crippen LogP contribution in [0.2, 0.25) is 0 Å². The number of nitrogens with two attached hydrogens (primary N) is 1. The molecule has 0 bridgehead atoms. The molecule has 0 aliphatic heterocycles. The van der Waals surface area contributed by atoms with Crippen molar-refractivity contribution in [2.75, 3.05) is 10.7 Å². The number of fused-ring (bicyclic) bond motifs is 1. The molecule has 2 aromatic heterocycles. The van der Waals surface area contributed by atoms with Crippen LogP contribution in [0.5, 0.6) is 0 Å². The van der Waals surface area contributed by atoms with E-state index in [-0.39, 0.29) is 0 Å². The van der Waals surface area contributed by atoms with Gasteiger partial charge in [-0.1, -0.05) is 13.8 Å². The van der Waals surface area contributed by atoms with Crippen molar-refractivity contribution in [3.8, 4) is 0 Å². The van der Waals surface area contributed by atoms with Gasteiger partial charge < -0.3 is 15.1 Å². The Balaban J connectivity index is 2.28. The van der Waals surface area contributed by atoms with Gasteiger partial charge in [0.2, 0.25) is 0 Å². The Hall–Kier alpha value is -1.82. The van der Waals surface area contributed by atoms with Gasteiger partial charge in [0.25, 0.3) is 0 Å². The van der Waals surface area contributed by atoms with Gasteiger partial charge >= 0.3 is 0 Å². The van der Waals surface area contributed by atoms with Gasteiger partial charge in [-0.25, -0.2) is 15.8 Å². The standard InChI is InChI=1S/C12H20N6/c1-8(2)6-9(3)15-11-12-14-4-5-18(12)7-10(16-11)17-13/h4-5,7-9,17H,6,13H2,1-3H3,(H,15,16). The Morgan fingerprint density at radius 3 is 2.83 bits per heavy atom. The zero-order chi connectivity index (χ0) is 13.1. The van der Waals surface area contributed by atoms with E-state index in [1.54, 1.807) is 12.4 Å². The van der Waals surface area contributed by atoms with Crippen LogP contribution in [0.15, 0.2) is 18.6 Å². The molecule has 2 heterocycles. The molecule has 2 aromatic rings. The highest BCUT2D eigenvalue weighted by Crippen LogP contribution is 2.18. The van der Waals surface area contributed by atoms with Gasteiger partial charge in [0.1, 0.15) is 0 Å². The van der Waals surface area contributed by atoms with Crippen LogP contribution in [0, 0.1) is 5.92 Å². The summed E-state index contributed by atoms with van der Waals surface area (Å²) in [6, 6.07) is 0.339. The van der Waals surface area contributed by atoms with Crippen LogP contribution >= 0.6 is 0 Å². The van der Waals surface area contributed by atoms with Crippen LogP contribution in [0.3, 0.4) is 0 Å². The highest BCUT2D eigenvalue weighted by Gasteiger charge is 2.11. The van der Waals surface area contributed by atoms with E-state index in [1.165, 1.54) is 0 Å². The Bertz CT molecular complexity index is 518. The van der Waals surface area contributed by atoms with E-state index < -0.39 is 0 Å². The first-order chi connectivity index (χ1) is 8.60. The average molecular weight is 248 g/mol. The maximum atomic E-state index is 5.42. The molecule has 0 aliphatic rings. The lowest BCUT2D eigenvalue weighted by atomic mass is 10.1. The molecule has 18 heavy (non-hydrogen) atoms. The lowest BCUT2D eigenvalue weighted by Gasteiger charge is -2.17. The zero-order valence-corrected chi connectivity index (χ0v) is 11.0. The number of anilines is 2. The summed E-state index contributed by atoms with van der Waals surface area (Å²) in [4.78, 5) is 8.70. The molecule has 0 saturated carbocycles. The first kappa shape index (κ1) is 12.6. The Morgan fingerprint density at radius 2 is 2.17 bits per heavy atom. The maximum absolute atomic E-state index is 5.42. The van der Waals surface area contributed by atoms with E-state index >= 15 is 0 Å². The van der Waals surface area contributed by atoms with Crippen molar-refractivity contribution in [2.24, 2.45) is 11.8 Å². The third kappa shape index (κ3) is 2.70. The minimum Gasteiger partial charge on any atom is -0.364 e. The number of nitrogens with one attached hydrogen (secondary N) is 2. The summed E-state index contributed by atoms with van der Waals surface area (Å²) in [6.45, 7) is 6.55. The smallest absolute Gasteiger partial charge is 0.180 e. The normalized spacial score (nSPS) is 12.9. The second-order valence-corrected chi connectivity index (χ2v) is 4.95. The summed E-state index contributed by atoms with van der Waals surface area (Å²) in [5, 5.41) is 3.39. The van der Waals surface area contributed by atoms with Crippen molar-refractivity contribution in [1.29, 1.82) is 0 Å². The lowest BCUT2D eigenvalue weighted by Crippen LogP contribution is -2.20. The Morgan fingerprint density at radius 1 is 1.39 bits per heavy atom. The highest BCUT2D eigenvalue weighted by atomic mass is 15.3. The molecular formula is C12H20N6. The molecule has 6 heteroatoms. The number of nitrogen functional groups attached to an aromatic ring is 1. The quantitative estimate of drug-likeness (QED) is 0.556. The van der Waals surface area contributed by atoms with Crippen molar-refractivity contribution in [3.63, 3.8) is 0 Å². The Kier molecular flexibility index (Phi) is 3.66. The van der Waals surface area contributed by atoms with Crippen LogP contribution in [-0.2, 0) is 0 Å². The fraction of sp³-hybridized carbons (Fsp3) is 0.500. The molecule has 1 atom stereocenters. The molecule has 0 aliphatic carbocycles. The average Bonchev–Trinajstić information content (AvgIpc) is 2.75. The molecule has 0 aromatic carbocycles. The molecule has 98 valence electrons. The first-order valence-corrected chi connectivity index (χ1v) is 6.17. The Labute approximate surface area is 107 Å². The summed E-state index contributed by atoms with van der Waals surface area (Å²) >= 11 is 0. The third-order valence-electron chi connectivity index (χ3n) is 2.73.